The molecule has 1 saturated heterocycles. The summed E-state index contributed by atoms with van der Waals surface area (Å²) >= 11 is 0. The number of halogens is 2. The zero-order valence-electron chi connectivity index (χ0n) is 10.0. The van der Waals surface area contributed by atoms with Crippen LogP contribution in [0.2, 0.25) is 0 Å². The Labute approximate surface area is 99.5 Å². The average molecular weight is 242 g/mol. The van der Waals surface area contributed by atoms with Crippen LogP contribution in [0.25, 0.3) is 0 Å². The second-order valence-corrected chi connectivity index (χ2v) is 4.49. The summed E-state index contributed by atoms with van der Waals surface area (Å²) in [4.78, 5) is 0. The minimum Gasteiger partial charge on any atom is -0.378 e. The fraction of sp³-hybridized carbons (Fsp3) is 0.538. The van der Waals surface area contributed by atoms with Crippen LogP contribution in [0.1, 0.15) is 25.3 Å². The Balaban J connectivity index is 2.39. The molecule has 94 valence electrons. The van der Waals surface area contributed by atoms with Gasteiger partial charge in [-0.05, 0) is 24.6 Å². The lowest BCUT2D eigenvalue weighted by Gasteiger charge is -2.39. The third kappa shape index (κ3) is 2.48. The second-order valence-electron chi connectivity index (χ2n) is 4.49. The molecule has 0 amide bonds. The van der Waals surface area contributed by atoms with Crippen LogP contribution in [0.5, 0.6) is 0 Å². The molecule has 0 aromatic heterocycles. The molecule has 1 aliphatic heterocycles. The van der Waals surface area contributed by atoms with Gasteiger partial charge in [0.1, 0.15) is 11.6 Å². The molecule has 2 rings (SSSR count). The number of ether oxygens (including phenoxy) is 2. The van der Waals surface area contributed by atoms with Crippen molar-refractivity contribution in [3.8, 4) is 0 Å². The van der Waals surface area contributed by atoms with Crippen LogP contribution in [0.15, 0.2) is 18.2 Å². The van der Waals surface area contributed by atoms with Crippen molar-refractivity contribution in [1.29, 1.82) is 0 Å². The standard InChI is InChI=1S/C13H16F2O2/c1-9-8-13(16-2,3-4-17-9)10-5-11(14)7-12(15)6-10/h5-7,9H,3-4,8H2,1-2H3/t9-,13+/m0/s1. The van der Waals surface area contributed by atoms with E-state index in [1.165, 1.54) is 12.1 Å². The van der Waals surface area contributed by atoms with Crippen molar-refractivity contribution in [3.05, 3.63) is 35.4 Å². The van der Waals surface area contributed by atoms with E-state index in [1.54, 1.807) is 7.11 Å². The minimum atomic E-state index is -0.638. The van der Waals surface area contributed by atoms with Gasteiger partial charge in [0.05, 0.1) is 18.3 Å². The van der Waals surface area contributed by atoms with Crippen LogP contribution in [0.3, 0.4) is 0 Å². The van der Waals surface area contributed by atoms with Gasteiger partial charge in [-0.25, -0.2) is 8.78 Å². The van der Waals surface area contributed by atoms with Gasteiger partial charge in [0.15, 0.2) is 0 Å². The molecule has 0 spiro atoms. The molecule has 1 aliphatic rings. The molecule has 0 unspecified atom stereocenters. The zero-order chi connectivity index (χ0) is 12.5. The Morgan fingerprint density at radius 3 is 2.47 bits per heavy atom. The van der Waals surface area contributed by atoms with E-state index in [9.17, 15) is 8.78 Å². The fourth-order valence-corrected chi connectivity index (χ4v) is 2.43. The Morgan fingerprint density at radius 2 is 1.94 bits per heavy atom. The maximum atomic E-state index is 13.3. The summed E-state index contributed by atoms with van der Waals surface area (Å²) < 4.78 is 37.5. The Morgan fingerprint density at radius 1 is 1.29 bits per heavy atom. The molecule has 4 heteroatoms. The lowest BCUT2D eigenvalue weighted by atomic mass is 9.83. The number of methoxy groups -OCH3 is 1. The molecule has 2 atom stereocenters. The molecular weight excluding hydrogens is 226 g/mol. The molecular formula is C13H16F2O2. The minimum absolute atomic E-state index is 0.0232. The lowest BCUT2D eigenvalue weighted by Crippen LogP contribution is -2.39. The van der Waals surface area contributed by atoms with Crippen molar-refractivity contribution in [1.82, 2.24) is 0 Å². The van der Waals surface area contributed by atoms with Crippen molar-refractivity contribution in [2.75, 3.05) is 13.7 Å². The van der Waals surface area contributed by atoms with Crippen molar-refractivity contribution in [2.45, 2.75) is 31.5 Å². The highest BCUT2D eigenvalue weighted by Crippen LogP contribution is 2.38. The van der Waals surface area contributed by atoms with Crippen molar-refractivity contribution >= 4 is 0 Å². The third-order valence-corrected chi connectivity index (χ3v) is 3.30. The molecule has 0 radical (unpaired) electrons. The smallest absolute Gasteiger partial charge is 0.126 e. The van der Waals surface area contributed by atoms with E-state index < -0.39 is 17.2 Å². The highest BCUT2D eigenvalue weighted by Gasteiger charge is 2.37. The van der Waals surface area contributed by atoms with E-state index in [0.29, 0.717) is 25.0 Å². The summed E-state index contributed by atoms with van der Waals surface area (Å²) in [6.07, 6.45) is 1.23. The number of benzene rings is 1. The van der Waals surface area contributed by atoms with Gasteiger partial charge in [0.2, 0.25) is 0 Å². The summed E-state index contributed by atoms with van der Waals surface area (Å²) in [6, 6.07) is 3.55. The van der Waals surface area contributed by atoms with E-state index in [4.69, 9.17) is 9.47 Å². The molecule has 0 N–H and O–H groups in total. The maximum Gasteiger partial charge on any atom is 0.126 e. The molecule has 17 heavy (non-hydrogen) atoms. The van der Waals surface area contributed by atoms with Gasteiger partial charge in [-0.2, -0.15) is 0 Å². The van der Waals surface area contributed by atoms with Crippen LogP contribution in [-0.2, 0) is 15.1 Å². The summed E-state index contributed by atoms with van der Waals surface area (Å²) in [7, 11) is 1.57. The van der Waals surface area contributed by atoms with E-state index in [1.807, 2.05) is 6.92 Å². The topological polar surface area (TPSA) is 18.5 Å². The first-order valence-corrected chi connectivity index (χ1v) is 5.69. The Hall–Kier alpha value is -1.00. The first kappa shape index (κ1) is 12.5. The van der Waals surface area contributed by atoms with Gasteiger partial charge in [0.25, 0.3) is 0 Å². The monoisotopic (exact) mass is 242 g/mol. The van der Waals surface area contributed by atoms with Crippen molar-refractivity contribution < 1.29 is 18.3 Å². The number of rotatable bonds is 2. The van der Waals surface area contributed by atoms with Crippen LogP contribution in [0, 0.1) is 11.6 Å². The highest BCUT2D eigenvalue weighted by molar-refractivity contribution is 5.25. The first-order chi connectivity index (χ1) is 8.05. The van der Waals surface area contributed by atoms with Crippen LogP contribution >= 0.6 is 0 Å². The number of hydrogen-bond acceptors (Lipinski definition) is 2. The predicted molar refractivity (Wildman–Crippen MR) is 59.7 cm³/mol. The van der Waals surface area contributed by atoms with Gasteiger partial charge in [-0.15, -0.1) is 0 Å². The molecule has 2 nitrogen and oxygen atoms in total. The number of hydrogen-bond donors (Lipinski definition) is 0. The van der Waals surface area contributed by atoms with Crippen LogP contribution in [0.4, 0.5) is 8.78 Å². The third-order valence-electron chi connectivity index (χ3n) is 3.30. The average Bonchev–Trinajstić information content (AvgIpc) is 2.27. The fourth-order valence-electron chi connectivity index (χ4n) is 2.43. The molecule has 1 fully saturated rings. The van der Waals surface area contributed by atoms with E-state index in [2.05, 4.69) is 0 Å². The Kier molecular flexibility index (Phi) is 3.45. The summed E-state index contributed by atoms with van der Waals surface area (Å²) in [5.74, 6) is -1.15. The quantitative estimate of drug-likeness (QED) is 0.793. The molecule has 1 aromatic carbocycles. The molecule has 0 bridgehead atoms. The van der Waals surface area contributed by atoms with Crippen molar-refractivity contribution in [3.63, 3.8) is 0 Å². The van der Waals surface area contributed by atoms with Gasteiger partial charge in [0, 0.05) is 26.0 Å². The molecule has 1 heterocycles. The Bertz CT molecular complexity index is 388. The molecule has 0 saturated carbocycles. The summed E-state index contributed by atoms with van der Waals surface area (Å²) in [5.41, 5.74) is -0.0895. The largest absolute Gasteiger partial charge is 0.378 e. The van der Waals surface area contributed by atoms with Crippen molar-refractivity contribution in [2.24, 2.45) is 0 Å². The molecule has 1 aromatic rings. The van der Waals surface area contributed by atoms with Gasteiger partial charge >= 0.3 is 0 Å². The first-order valence-electron chi connectivity index (χ1n) is 5.69. The maximum absolute atomic E-state index is 13.3. The lowest BCUT2D eigenvalue weighted by molar-refractivity contribution is -0.122. The highest BCUT2D eigenvalue weighted by atomic mass is 19.1. The van der Waals surface area contributed by atoms with Gasteiger partial charge < -0.3 is 9.47 Å². The summed E-state index contributed by atoms with van der Waals surface area (Å²) in [6.45, 7) is 2.47. The summed E-state index contributed by atoms with van der Waals surface area (Å²) in [5, 5.41) is 0. The zero-order valence-corrected chi connectivity index (χ0v) is 10.0. The van der Waals surface area contributed by atoms with Gasteiger partial charge in [-0.1, -0.05) is 0 Å². The van der Waals surface area contributed by atoms with E-state index >= 15 is 0 Å². The van der Waals surface area contributed by atoms with E-state index in [-0.39, 0.29) is 6.10 Å². The van der Waals surface area contributed by atoms with Crippen LogP contribution in [-0.4, -0.2) is 19.8 Å². The van der Waals surface area contributed by atoms with Gasteiger partial charge in [-0.3, -0.25) is 0 Å². The molecule has 0 aliphatic carbocycles. The van der Waals surface area contributed by atoms with Crippen LogP contribution < -0.4 is 0 Å². The SMILES string of the molecule is CO[C@]1(c2cc(F)cc(F)c2)CCO[C@@H](C)C1. The van der Waals surface area contributed by atoms with E-state index in [0.717, 1.165) is 6.07 Å². The second kappa shape index (κ2) is 4.70. The predicted octanol–water partition coefficient (Wildman–Crippen LogP) is 3.01. The normalized spacial score (nSPS) is 29.3.